The maximum atomic E-state index is 13.8. The Labute approximate surface area is 273 Å². The molecule has 0 aliphatic heterocycles. The molecule has 0 saturated carbocycles. The molecule has 0 spiro atoms. The number of hydrogen-bond donors (Lipinski definition) is 1. The van der Waals surface area contributed by atoms with E-state index in [1.54, 1.807) is 6.08 Å². The van der Waals surface area contributed by atoms with Gasteiger partial charge in [0.15, 0.2) is 5.78 Å². The first-order valence-electron chi connectivity index (χ1n) is 18.2. The van der Waals surface area contributed by atoms with Gasteiger partial charge in [-0.15, -0.1) is 0 Å². The summed E-state index contributed by atoms with van der Waals surface area (Å²) in [6.07, 6.45) is 26.0. The highest BCUT2D eigenvalue weighted by molar-refractivity contribution is 6.22. The van der Waals surface area contributed by atoms with Crippen molar-refractivity contribution in [3.63, 3.8) is 0 Å². The van der Waals surface area contributed by atoms with Gasteiger partial charge in [-0.25, -0.2) is 4.79 Å². The molecule has 0 fully saturated rings. The molecule has 0 amide bonds. The summed E-state index contributed by atoms with van der Waals surface area (Å²) in [5, 5.41) is 10.2. The highest BCUT2D eigenvalue weighted by atomic mass is 16.5. The van der Waals surface area contributed by atoms with Crippen LogP contribution in [0.2, 0.25) is 0 Å². The van der Waals surface area contributed by atoms with Gasteiger partial charge in [0.25, 0.3) is 0 Å². The quantitative estimate of drug-likeness (QED) is 0.0463. The average Bonchev–Trinajstić information content (AvgIpc) is 3.32. The molecule has 0 bridgehead atoms. The smallest absolute Gasteiger partial charge is 0.341 e. The maximum absolute atomic E-state index is 13.8. The number of ketones is 1. The molecule has 0 saturated heterocycles. The van der Waals surface area contributed by atoms with Gasteiger partial charge in [0.2, 0.25) is 0 Å². The molecule has 45 heavy (non-hydrogen) atoms. The third kappa shape index (κ3) is 12.0. The summed E-state index contributed by atoms with van der Waals surface area (Å²) >= 11 is 0. The Hall–Kier alpha value is -2.44. The number of fused-ring (bicyclic) bond motifs is 1. The molecule has 0 radical (unpaired) electrons. The molecule has 2 aliphatic carbocycles. The number of rotatable bonds is 25. The molecule has 0 heterocycles. The van der Waals surface area contributed by atoms with Gasteiger partial charge in [-0.3, -0.25) is 14.4 Å². The molecular weight excluding hydrogens is 568 g/mol. The highest BCUT2D eigenvalue weighted by Crippen LogP contribution is 2.52. The van der Waals surface area contributed by atoms with E-state index in [2.05, 4.69) is 13.8 Å². The molecule has 2 aliphatic rings. The standard InChI is InChI=1S/C38H62O7/c1-5-7-9-11-13-15-17-19-21-23-25-28-27-30(36(40)41)33-32(31(28)37(42)44-3)29(34(35(33)39)38(43)45-4)26-24-22-20-18-16-14-12-10-8-6-2/h27,30-33H,5-26H2,1-4H3,(H,40,41)/t30-,31-,32-,33+/m0/s1. The van der Waals surface area contributed by atoms with Crippen molar-refractivity contribution in [1.82, 2.24) is 0 Å². The van der Waals surface area contributed by atoms with Crippen molar-refractivity contribution >= 4 is 23.7 Å². The second kappa shape index (κ2) is 22.1. The van der Waals surface area contributed by atoms with E-state index in [9.17, 15) is 24.3 Å². The van der Waals surface area contributed by atoms with Crippen LogP contribution in [0.1, 0.15) is 155 Å². The van der Waals surface area contributed by atoms with Crippen LogP contribution < -0.4 is 0 Å². The number of ether oxygens (including phenoxy) is 2. The van der Waals surface area contributed by atoms with Crippen LogP contribution in [0.5, 0.6) is 0 Å². The van der Waals surface area contributed by atoms with Crippen LogP contribution in [0.15, 0.2) is 22.8 Å². The van der Waals surface area contributed by atoms with E-state index < -0.39 is 47.4 Å². The van der Waals surface area contributed by atoms with Gasteiger partial charge >= 0.3 is 17.9 Å². The Kier molecular flexibility index (Phi) is 19.1. The summed E-state index contributed by atoms with van der Waals surface area (Å²) in [7, 11) is 2.58. The van der Waals surface area contributed by atoms with E-state index >= 15 is 0 Å². The molecule has 256 valence electrons. The number of unbranched alkanes of at least 4 members (excludes halogenated alkanes) is 18. The molecule has 1 N–H and O–H groups in total. The van der Waals surface area contributed by atoms with Crippen LogP contribution in [0, 0.1) is 23.7 Å². The number of methoxy groups -OCH3 is 2. The Bertz CT molecular complexity index is 994. The lowest BCUT2D eigenvalue weighted by Crippen LogP contribution is -2.42. The number of carbonyl (C=O) groups excluding carboxylic acids is 3. The van der Waals surface area contributed by atoms with Crippen LogP contribution in [-0.4, -0.2) is 43.0 Å². The van der Waals surface area contributed by atoms with Crippen molar-refractivity contribution in [3.8, 4) is 0 Å². The van der Waals surface area contributed by atoms with Crippen LogP contribution in [-0.2, 0) is 28.7 Å². The lowest BCUT2D eigenvalue weighted by molar-refractivity contribution is -0.151. The van der Waals surface area contributed by atoms with E-state index in [1.807, 2.05) is 0 Å². The van der Waals surface area contributed by atoms with E-state index in [-0.39, 0.29) is 5.57 Å². The Morgan fingerprint density at radius 3 is 1.51 bits per heavy atom. The number of carboxylic acid groups (broad SMARTS) is 1. The van der Waals surface area contributed by atoms with E-state index in [4.69, 9.17) is 9.47 Å². The molecule has 7 heteroatoms. The van der Waals surface area contributed by atoms with Gasteiger partial charge in [-0.05, 0) is 31.3 Å². The molecule has 0 unspecified atom stereocenters. The minimum absolute atomic E-state index is 0.0443. The summed E-state index contributed by atoms with van der Waals surface area (Å²) in [5.74, 6) is -6.37. The highest BCUT2D eigenvalue weighted by Gasteiger charge is 2.56. The molecule has 4 atom stereocenters. The van der Waals surface area contributed by atoms with Gasteiger partial charge in [0.1, 0.15) is 5.57 Å². The summed E-state index contributed by atoms with van der Waals surface area (Å²) in [4.78, 5) is 52.6. The monoisotopic (exact) mass is 630 g/mol. The van der Waals surface area contributed by atoms with Crippen LogP contribution in [0.25, 0.3) is 0 Å². The zero-order chi connectivity index (χ0) is 33.0. The van der Waals surface area contributed by atoms with Crippen molar-refractivity contribution in [3.05, 3.63) is 22.8 Å². The first kappa shape index (κ1) is 38.7. The number of aliphatic carboxylic acids is 1. The molecule has 7 nitrogen and oxygen atoms in total. The normalized spacial score (nSPS) is 21.1. The van der Waals surface area contributed by atoms with Crippen LogP contribution in [0.3, 0.4) is 0 Å². The largest absolute Gasteiger partial charge is 0.481 e. The van der Waals surface area contributed by atoms with Crippen molar-refractivity contribution in [2.24, 2.45) is 23.7 Å². The van der Waals surface area contributed by atoms with Crippen LogP contribution in [0.4, 0.5) is 0 Å². The molecule has 0 aromatic rings. The first-order chi connectivity index (χ1) is 21.8. The zero-order valence-corrected chi connectivity index (χ0v) is 28.8. The van der Waals surface area contributed by atoms with Gasteiger partial charge in [-0.1, -0.05) is 141 Å². The number of allylic oxidation sites excluding steroid dienone is 1. The number of Topliss-reactive ketones (excluding diaryl/α,β-unsaturated/α-hetero) is 1. The molecule has 0 aromatic carbocycles. The minimum atomic E-state index is -1.10. The second-order valence-electron chi connectivity index (χ2n) is 13.3. The SMILES string of the molecule is CCCCCCCCCCCCC1=C[C@H](C(=O)O)[C@H]2C(=O)C(C(=O)OC)=C(CCCCCCCCCCCC)[C@H]2[C@H]1C(=O)OC. The van der Waals surface area contributed by atoms with Gasteiger partial charge in [-0.2, -0.15) is 0 Å². The van der Waals surface area contributed by atoms with Crippen molar-refractivity contribution in [2.75, 3.05) is 14.2 Å². The molecule has 2 rings (SSSR count). The van der Waals surface area contributed by atoms with E-state index in [0.29, 0.717) is 18.4 Å². The summed E-state index contributed by atoms with van der Waals surface area (Å²) < 4.78 is 10.3. The fourth-order valence-electron chi connectivity index (χ4n) is 7.47. The Balaban J connectivity index is 2.13. The number of carbonyl (C=O) groups is 4. The third-order valence-corrected chi connectivity index (χ3v) is 9.95. The number of hydrogen-bond acceptors (Lipinski definition) is 6. The third-order valence-electron chi connectivity index (χ3n) is 9.95. The fourth-order valence-corrected chi connectivity index (χ4v) is 7.47. The van der Waals surface area contributed by atoms with E-state index in [1.165, 1.54) is 97.7 Å². The van der Waals surface area contributed by atoms with Crippen molar-refractivity contribution in [2.45, 2.75) is 155 Å². The minimum Gasteiger partial charge on any atom is -0.481 e. The lowest BCUT2D eigenvalue weighted by atomic mass is 9.65. The number of esters is 2. The predicted molar refractivity (Wildman–Crippen MR) is 179 cm³/mol. The molecular formula is C38H62O7. The second-order valence-corrected chi connectivity index (χ2v) is 13.3. The summed E-state index contributed by atoms with van der Waals surface area (Å²) in [6, 6.07) is 0. The summed E-state index contributed by atoms with van der Waals surface area (Å²) in [6.45, 7) is 4.45. The zero-order valence-electron chi connectivity index (χ0n) is 28.8. The average molecular weight is 631 g/mol. The van der Waals surface area contributed by atoms with E-state index in [0.717, 1.165) is 50.5 Å². The van der Waals surface area contributed by atoms with Gasteiger partial charge in [0, 0.05) is 11.8 Å². The Morgan fingerprint density at radius 2 is 1.09 bits per heavy atom. The van der Waals surface area contributed by atoms with Crippen LogP contribution >= 0.6 is 0 Å². The summed E-state index contributed by atoms with van der Waals surface area (Å²) in [5.41, 5.74) is 1.28. The van der Waals surface area contributed by atoms with Crippen molar-refractivity contribution in [1.29, 1.82) is 0 Å². The lowest BCUT2D eigenvalue weighted by Gasteiger charge is -2.37. The predicted octanol–water partition coefficient (Wildman–Crippen LogP) is 9.32. The van der Waals surface area contributed by atoms with Gasteiger partial charge < -0.3 is 14.6 Å². The first-order valence-corrected chi connectivity index (χ1v) is 18.2. The fraction of sp³-hybridized carbons (Fsp3) is 0.789. The maximum Gasteiger partial charge on any atom is 0.341 e. The van der Waals surface area contributed by atoms with Crippen molar-refractivity contribution < 1.29 is 33.8 Å². The topological polar surface area (TPSA) is 107 Å². The van der Waals surface area contributed by atoms with Gasteiger partial charge in [0.05, 0.1) is 26.1 Å². The Morgan fingerprint density at radius 1 is 0.644 bits per heavy atom. The number of carboxylic acids is 1. The molecule has 0 aromatic heterocycles.